The van der Waals surface area contributed by atoms with E-state index in [1.54, 1.807) is 112 Å². The van der Waals surface area contributed by atoms with Crippen LogP contribution in [0.4, 0.5) is 31.1 Å². The SMILES string of the molecule is Cc1ccn(-c2cc(Cl)ccc2[C@@H](Oc2ncnc3c(-c4ccc(C[C@H](N)C(=O)O)cc4)csc23)C(F)(F)F)n1.Cc1ccn(-c2cc(Cl)ccc2[C@@H](Oc2ncnc3c(-c4ccc(C[C@H](NC(=O)OC(C)(C)C)C(=O)O)cc4)csc23)C(F)(F)F)n1.Cl. The van der Waals surface area contributed by atoms with Crippen molar-refractivity contribution in [2.45, 2.75) is 89.7 Å². The van der Waals surface area contributed by atoms with Crippen LogP contribution in [0.1, 0.15) is 66.6 Å². The van der Waals surface area contributed by atoms with Crippen LogP contribution in [0.25, 0.3) is 54.1 Å². The molecule has 0 bridgehead atoms. The molecule has 88 heavy (non-hydrogen) atoms. The number of nitrogens with one attached hydrogen (secondary N) is 1. The highest BCUT2D eigenvalue weighted by Crippen LogP contribution is 2.46. The number of nitrogens with zero attached hydrogens (tertiary/aromatic N) is 8. The monoisotopic (exact) mass is 1310 g/mol. The molecule has 0 unspecified atom stereocenters. The third-order valence-corrected chi connectivity index (χ3v) is 15.3. The summed E-state index contributed by atoms with van der Waals surface area (Å²) in [7, 11) is 0. The Balaban J connectivity index is 0.000000228. The van der Waals surface area contributed by atoms with Crippen LogP contribution in [0.5, 0.6) is 11.8 Å². The molecule has 4 aromatic carbocycles. The van der Waals surface area contributed by atoms with Crippen molar-refractivity contribution < 1.29 is 65.1 Å². The van der Waals surface area contributed by atoms with E-state index in [1.165, 1.54) is 52.0 Å². The summed E-state index contributed by atoms with van der Waals surface area (Å²) in [4.78, 5) is 51.7. The molecular formula is C59H51Cl3F6N10O8S2. The molecule has 0 aliphatic carbocycles. The molecule has 18 nitrogen and oxygen atoms in total. The van der Waals surface area contributed by atoms with Crippen LogP contribution < -0.4 is 20.5 Å². The molecule has 460 valence electrons. The van der Waals surface area contributed by atoms with E-state index in [4.69, 9.17) is 48.3 Å². The van der Waals surface area contributed by atoms with Crippen molar-refractivity contribution in [1.29, 1.82) is 0 Å². The summed E-state index contributed by atoms with van der Waals surface area (Å²) in [6.45, 7) is 8.45. The average Bonchev–Trinajstić information content (AvgIpc) is 3.21. The Hall–Kier alpha value is -8.40. The second-order valence-electron chi connectivity index (χ2n) is 20.6. The Morgan fingerprint density at radius 1 is 0.625 bits per heavy atom. The first kappa shape index (κ1) is 65.6. The number of alkyl carbamates (subject to hydrolysis) is 1. The summed E-state index contributed by atoms with van der Waals surface area (Å²) in [5.74, 6) is -2.79. The van der Waals surface area contributed by atoms with E-state index in [2.05, 4.69) is 35.5 Å². The Labute approximate surface area is 521 Å². The van der Waals surface area contributed by atoms with Gasteiger partial charge in [0.2, 0.25) is 24.0 Å². The zero-order valence-electron chi connectivity index (χ0n) is 46.7. The third kappa shape index (κ3) is 15.6. The minimum Gasteiger partial charge on any atom is -0.480 e. The number of hydrogen-bond donors (Lipinski definition) is 4. The second-order valence-corrected chi connectivity index (χ2v) is 23.2. The van der Waals surface area contributed by atoms with Gasteiger partial charge in [0.25, 0.3) is 0 Å². The summed E-state index contributed by atoms with van der Waals surface area (Å²) in [5.41, 5.74) is 10.8. The molecule has 5 N–H and O–H groups in total. The quantitative estimate of drug-likeness (QED) is 0.0619. The number of thiophene rings is 2. The van der Waals surface area contributed by atoms with Gasteiger partial charge < -0.3 is 35.5 Å². The molecule has 0 aliphatic heterocycles. The van der Waals surface area contributed by atoms with Crippen LogP contribution in [0.2, 0.25) is 10.0 Å². The number of benzene rings is 4. The van der Waals surface area contributed by atoms with Gasteiger partial charge >= 0.3 is 30.4 Å². The number of carboxylic acid groups (broad SMARTS) is 2. The summed E-state index contributed by atoms with van der Waals surface area (Å²) in [6, 6.07) is 23.0. The zero-order chi connectivity index (χ0) is 62.7. The van der Waals surface area contributed by atoms with E-state index in [0.29, 0.717) is 54.1 Å². The van der Waals surface area contributed by atoms with Gasteiger partial charge in [0.05, 0.1) is 33.8 Å². The van der Waals surface area contributed by atoms with Crippen molar-refractivity contribution in [2.75, 3.05) is 0 Å². The molecule has 0 saturated heterocycles. The fourth-order valence-corrected chi connectivity index (χ4v) is 11.2. The number of hydrogen-bond acceptors (Lipinski definition) is 15. The molecule has 0 spiro atoms. The van der Waals surface area contributed by atoms with Crippen molar-refractivity contribution in [3.05, 3.63) is 177 Å². The first-order valence-corrected chi connectivity index (χ1v) is 28.6. The maximum atomic E-state index is 14.6. The third-order valence-electron chi connectivity index (χ3n) is 12.9. The topological polar surface area (TPSA) is 245 Å². The molecule has 0 fully saturated rings. The van der Waals surface area contributed by atoms with Crippen molar-refractivity contribution in [2.24, 2.45) is 5.73 Å². The highest BCUT2D eigenvalue weighted by atomic mass is 35.5. The Morgan fingerprint density at radius 3 is 1.41 bits per heavy atom. The predicted octanol–water partition coefficient (Wildman–Crippen LogP) is 14.3. The number of aliphatic carboxylic acids is 2. The lowest BCUT2D eigenvalue weighted by Gasteiger charge is -2.24. The maximum Gasteiger partial charge on any atom is 0.429 e. The van der Waals surface area contributed by atoms with Gasteiger partial charge in [0.1, 0.15) is 39.7 Å². The van der Waals surface area contributed by atoms with Gasteiger partial charge in [-0.15, -0.1) is 35.1 Å². The molecule has 29 heteroatoms. The number of carbonyl (C=O) groups excluding carboxylic acids is 1. The highest BCUT2D eigenvalue weighted by Gasteiger charge is 2.47. The maximum absolute atomic E-state index is 14.6. The summed E-state index contributed by atoms with van der Waals surface area (Å²) < 4.78 is 107. The smallest absolute Gasteiger partial charge is 0.429 e. The molecule has 10 aromatic rings. The van der Waals surface area contributed by atoms with E-state index >= 15 is 0 Å². The summed E-state index contributed by atoms with van der Waals surface area (Å²) in [5, 5.41) is 33.5. The number of halogens is 9. The van der Waals surface area contributed by atoms with Crippen molar-refractivity contribution in [1.82, 2.24) is 44.8 Å². The molecule has 1 amide bonds. The minimum atomic E-state index is -4.83. The Bertz CT molecular complexity index is 4140. The lowest BCUT2D eigenvalue weighted by Crippen LogP contribution is -2.44. The summed E-state index contributed by atoms with van der Waals surface area (Å²) >= 11 is 14.6. The number of fused-ring (bicyclic) bond motifs is 2. The predicted molar refractivity (Wildman–Crippen MR) is 322 cm³/mol. The lowest BCUT2D eigenvalue weighted by molar-refractivity contribution is -0.198. The number of aryl methyl sites for hydroxylation is 2. The molecule has 6 aromatic heterocycles. The molecule has 0 saturated carbocycles. The number of carboxylic acids is 2. The van der Waals surface area contributed by atoms with Gasteiger partial charge in [-0.1, -0.05) is 83.9 Å². The van der Waals surface area contributed by atoms with Crippen molar-refractivity contribution in [3.8, 4) is 45.4 Å². The highest BCUT2D eigenvalue weighted by molar-refractivity contribution is 7.18. The van der Waals surface area contributed by atoms with Crippen LogP contribution in [-0.2, 0) is 27.2 Å². The molecule has 10 rings (SSSR count). The van der Waals surface area contributed by atoms with E-state index in [9.17, 15) is 45.8 Å². The zero-order valence-corrected chi connectivity index (χ0v) is 50.6. The molecular weight excluding hydrogens is 1260 g/mol. The van der Waals surface area contributed by atoms with Gasteiger partial charge in [0.15, 0.2) is 0 Å². The van der Waals surface area contributed by atoms with Crippen LogP contribution >= 0.6 is 58.3 Å². The first-order chi connectivity index (χ1) is 41.1. The van der Waals surface area contributed by atoms with E-state index in [-0.39, 0.29) is 69.6 Å². The Kier molecular flexibility index (Phi) is 20.1. The van der Waals surface area contributed by atoms with Gasteiger partial charge in [-0.25, -0.2) is 38.9 Å². The lowest BCUT2D eigenvalue weighted by atomic mass is 10.0. The van der Waals surface area contributed by atoms with Gasteiger partial charge in [-0.05, 0) is 99.7 Å². The van der Waals surface area contributed by atoms with Crippen LogP contribution in [0.15, 0.2) is 133 Å². The number of nitrogens with two attached hydrogens (primary N) is 1. The number of ether oxygens (including phenoxy) is 3. The fourth-order valence-electron chi connectivity index (χ4n) is 8.91. The Morgan fingerprint density at radius 2 is 1.05 bits per heavy atom. The van der Waals surface area contributed by atoms with Gasteiger partial charge in [-0.3, -0.25) is 4.79 Å². The number of aromatic nitrogens is 8. The number of alkyl halides is 6. The normalized spacial score (nSPS) is 13.2. The first-order valence-electron chi connectivity index (χ1n) is 26.0. The minimum absolute atomic E-state index is 0. The van der Waals surface area contributed by atoms with E-state index in [1.807, 2.05) is 0 Å². The molecule has 4 atom stereocenters. The standard InChI is InChI=1S/C32H29ClF3N5O5S.C27H21ClF3N5O3S.ClH/c1-17-11-12-41(40-17)24-14-20(33)9-10-21(24)27(32(34,35)36)45-28-26-25(37-16-38-28)22(15-47-26)19-7-5-18(6-8-19)13-23(29(42)43)39-30(44)46-31(2,3)4;1-14-8-9-36(35-14)21-11-17(28)6-7-18(21)24(27(29,30)31)39-25-23-22(33-13-34-25)19(12-40-23)16-4-2-15(3-5-16)10-20(32)26(37)38;/h5-12,14-16,23,27H,13H2,1-4H3,(H,39,44)(H,42,43);2-9,11-13,20,24H,10,32H2,1H3,(H,37,38);1H/t23-,27+;20-,24+;/m00./s1. The molecule has 6 heterocycles. The van der Waals surface area contributed by atoms with Crippen LogP contribution in [0, 0.1) is 13.8 Å². The number of rotatable bonds is 17. The van der Waals surface area contributed by atoms with E-state index in [0.717, 1.165) is 46.5 Å². The number of carbonyl (C=O) groups is 3. The van der Waals surface area contributed by atoms with Crippen molar-refractivity contribution in [3.63, 3.8) is 0 Å². The largest absolute Gasteiger partial charge is 0.480 e. The van der Waals surface area contributed by atoms with E-state index < -0.39 is 60.3 Å². The second kappa shape index (κ2) is 26.9. The van der Waals surface area contributed by atoms with Crippen LogP contribution in [0.3, 0.4) is 0 Å². The molecule has 0 radical (unpaired) electrons. The fraction of sp³-hybridized carbons (Fsp3) is 0.237. The molecule has 0 aliphatic rings. The number of amides is 1. The average molecular weight is 1310 g/mol. The van der Waals surface area contributed by atoms with Crippen molar-refractivity contribution >= 4 is 96.7 Å². The van der Waals surface area contributed by atoms with Gasteiger partial charge in [0, 0.05) is 61.9 Å². The van der Waals surface area contributed by atoms with Gasteiger partial charge in [-0.2, -0.15) is 36.5 Å². The van der Waals surface area contributed by atoms with Crippen LogP contribution in [-0.4, -0.2) is 97.8 Å². The summed E-state index contributed by atoms with van der Waals surface area (Å²) in [6.07, 6.45) is -9.73.